The van der Waals surface area contributed by atoms with Crippen molar-refractivity contribution in [3.63, 3.8) is 0 Å². The maximum absolute atomic E-state index is 13.3. The highest BCUT2D eigenvalue weighted by Crippen LogP contribution is 2.63. The number of ketones is 1. The lowest BCUT2D eigenvalue weighted by molar-refractivity contribution is -0.130. The third-order valence-corrected chi connectivity index (χ3v) is 9.36. The third-order valence-electron chi connectivity index (χ3n) is 9.36. The van der Waals surface area contributed by atoms with Gasteiger partial charge in [-0.1, -0.05) is 26.7 Å². The summed E-state index contributed by atoms with van der Waals surface area (Å²) in [5.41, 5.74) is -1.01. The van der Waals surface area contributed by atoms with Crippen molar-refractivity contribution in [3.8, 4) is 0 Å². The molecule has 4 rings (SSSR count). The van der Waals surface area contributed by atoms with Gasteiger partial charge in [-0.2, -0.15) is 5.10 Å². The van der Waals surface area contributed by atoms with Crippen LogP contribution in [0.1, 0.15) is 78.1 Å². The summed E-state index contributed by atoms with van der Waals surface area (Å²) < 4.78 is 15.1. The van der Waals surface area contributed by atoms with E-state index in [1.807, 2.05) is 19.2 Å². The van der Waals surface area contributed by atoms with Gasteiger partial charge in [0.2, 0.25) is 0 Å². The van der Waals surface area contributed by atoms with E-state index in [4.69, 9.17) is 0 Å². The van der Waals surface area contributed by atoms with E-state index in [0.29, 0.717) is 48.8 Å². The van der Waals surface area contributed by atoms with Gasteiger partial charge in [0.25, 0.3) is 0 Å². The van der Waals surface area contributed by atoms with E-state index in [-0.39, 0.29) is 11.3 Å². The molecule has 0 radical (unpaired) electrons. The SMILES string of the molecule is CCC(O)(CF)CCC1CCCC2C1CCC1(C)C(C(=O)Cn3cccn3)CCC21. The monoisotopic (exact) mass is 418 g/mol. The van der Waals surface area contributed by atoms with Gasteiger partial charge in [-0.25, -0.2) is 4.39 Å². The maximum Gasteiger partial charge on any atom is 0.157 e. The lowest BCUT2D eigenvalue weighted by Crippen LogP contribution is -2.47. The topological polar surface area (TPSA) is 55.1 Å². The van der Waals surface area contributed by atoms with Crippen molar-refractivity contribution in [3.05, 3.63) is 18.5 Å². The van der Waals surface area contributed by atoms with Gasteiger partial charge in [0.15, 0.2) is 5.78 Å². The Kier molecular flexibility index (Phi) is 6.39. The van der Waals surface area contributed by atoms with Crippen LogP contribution in [0.5, 0.6) is 0 Å². The van der Waals surface area contributed by atoms with Gasteiger partial charge >= 0.3 is 0 Å². The number of aromatic nitrogens is 2. The van der Waals surface area contributed by atoms with Crippen LogP contribution >= 0.6 is 0 Å². The number of halogens is 1. The highest BCUT2D eigenvalue weighted by molar-refractivity contribution is 5.82. The van der Waals surface area contributed by atoms with Crippen LogP contribution in [0.15, 0.2) is 18.5 Å². The molecule has 0 aromatic carbocycles. The zero-order valence-corrected chi connectivity index (χ0v) is 18.7. The van der Waals surface area contributed by atoms with E-state index in [1.54, 1.807) is 10.9 Å². The van der Waals surface area contributed by atoms with Gasteiger partial charge in [-0.05, 0) is 86.5 Å². The highest BCUT2D eigenvalue weighted by Gasteiger charge is 2.56. The number of hydrogen-bond donors (Lipinski definition) is 1. The first-order valence-corrected chi connectivity index (χ1v) is 12.2. The lowest BCUT2D eigenvalue weighted by atomic mass is 9.52. The minimum atomic E-state index is -1.13. The smallest absolute Gasteiger partial charge is 0.157 e. The summed E-state index contributed by atoms with van der Waals surface area (Å²) in [5, 5.41) is 14.7. The molecular formula is C25H39FN2O2. The van der Waals surface area contributed by atoms with Gasteiger partial charge in [-0.15, -0.1) is 0 Å². The van der Waals surface area contributed by atoms with Gasteiger partial charge in [0.1, 0.15) is 6.67 Å². The summed E-state index contributed by atoms with van der Waals surface area (Å²) in [6.07, 6.45) is 13.9. The molecule has 0 bridgehead atoms. The fourth-order valence-electron chi connectivity index (χ4n) is 7.49. The summed E-state index contributed by atoms with van der Waals surface area (Å²) in [6.45, 7) is 4.03. The fraction of sp³-hybridized carbons (Fsp3) is 0.840. The quantitative estimate of drug-likeness (QED) is 0.631. The molecule has 0 saturated heterocycles. The van der Waals surface area contributed by atoms with E-state index >= 15 is 0 Å². The summed E-state index contributed by atoms with van der Waals surface area (Å²) in [7, 11) is 0. The minimum Gasteiger partial charge on any atom is -0.387 e. The van der Waals surface area contributed by atoms with Crippen LogP contribution in [0.4, 0.5) is 4.39 Å². The van der Waals surface area contributed by atoms with E-state index in [1.165, 1.54) is 32.1 Å². The largest absolute Gasteiger partial charge is 0.387 e. The Morgan fingerprint density at radius 3 is 2.80 bits per heavy atom. The number of carbonyl (C=O) groups is 1. The zero-order valence-electron chi connectivity index (χ0n) is 18.7. The standard InChI is InChI=1S/C25H39FN2O2/c1-3-25(30,17-26)13-10-18-6-4-7-20-19(18)11-12-24(2)21(20)8-9-22(24)23(29)16-28-15-5-14-27-28/h5,14-15,18-22,30H,3-4,6-13,16-17H2,1-2H3. The van der Waals surface area contributed by atoms with Crippen LogP contribution in [0, 0.1) is 35.0 Å². The Balaban J connectivity index is 1.43. The van der Waals surface area contributed by atoms with Crippen LogP contribution in [0.2, 0.25) is 0 Å². The van der Waals surface area contributed by atoms with Crippen molar-refractivity contribution < 1.29 is 14.3 Å². The van der Waals surface area contributed by atoms with E-state index in [0.717, 1.165) is 19.3 Å². The number of alkyl halides is 1. The average Bonchev–Trinajstić information content (AvgIpc) is 3.39. The Labute approximate surface area is 180 Å². The van der Waals surface area contributed by atoms with Gasteiger partial charge in [0.05, 0.1) is 12.1 Å². The molecule has 168 valence electrons. The predicted molar refractivity (Wildman–Crippen MR) is 116 cm³/mol. The van der Waals surface area contributed by atoms with Crippen LogP contribution in [-0.4, -0.2) is 32.9 Å². The van der Waals surface area contributed by atoms with Crippen molar-refractivity contribution in [1.82, 2.24) is 9.78 Å². The molecule has 7 atom stereocenters. The van der Waals surface area contributed by atoms with Crippen LogP contribution in [-0.2, 0) is 11.3 Å². The number of fused-ring (bicyclic) bond motifs is 3. The summed E-state index contributed by atoms with van der Waals surface area (Å²) >= 11 is 0. The van der Waals surface area contributed by atoms with Gasteiger partial charge in [-0.3, -0.25) is 9.48 Å². The molecule has 0 aliphatic heterocycles. The Morgan fingerprint density at radius 1 is 1.27 bits per heavy atom. The second kappa shape index (κ2) is 8.72. The summed E-state index contributed by atoms with van der Waals surface area (Å²) in [5.74, 6) is 3.14. The van der Waals surface area contributed by atoms with Crippen LogP contribution in [0.25, 0.3) is 0 Å². The minimum absolute atomic E-state index is 0.121. The average molecular weight is 419 g/mol. The predicted octanol–water partition coefficient (Wildman–Crippen LogP) is 5.20. The van der Waals surface area contributed by atoms with Crippen LogP contribution < -0.4 is 0 Å². The molecule has 3 fully saturated rings. The van der Waals surface area contributed by atoms with Crippen molar-refractivity contribution in [1.29, 1.82) is 0 Å². The maximum atomic E-state index is 13.3. The van der Waals surface area contributed by atoms with Crippen LogP contribution in [0.3, 0.4) is 0 Å². The number of hydrogen-bond acceptors (Lipinski definition) is 3. The number of nitrogens with zero attached hydrogens (tertiary/aromatic N) is 2. The number of carbonyl (C=O) groups excluding carboxylic acids is 1. The highest BCUT2D eigenvalue weighted by atomic mass is 19.1. The zero-order chi connectivity index (χ0) is 21.4. The van der Waals surface area contributed by atoms with Crippen molar-refractivity contribution in [2.24, 2.45) is 35.0 Å². The van der Waals surface area contributed by atoms with Gasteiger partial charge in [0, 0.05) is 18.3 Å². The first-order valence-electron chi connectivity index (χ1n) is 12.2. The first-order chi connectivity index (χ1) is 14.4. The van der Waals surface area contributed by atoms with Gasteiger partial charge < -0.3 is 5.11 Å². The molecule has 7 unspecified atom stereocenters. The second-order valence-corrected chi connectivity index (χ2v) is 10.7. The molecule has 5 heteroatoms. The number of rotatable bonds is 8. The second-order valence-electron chi connectivity index (χ2n) is 10.7. The molecule has 0 amide bonds. The third kappa shape index (κ3) is 3.99. The molecule has 30 heavy (non-hydrogen) atoms. The van der Waals surface area contributed by atoms with Crippen molar-refractivity contribution >= 4 is 5.78 Å². The first kappa shape index (κ1) is 22.0. The van der Waals surface area contributed by atoms with E-state index < -0.39 is 12.3 Å². The molecule has 3 aliphatic rings. The fourth-order valence-corrected chi connectivity index (χ4v) is 7.49. The molecule has 0 spiro atoms. The van der Waals surface area contributed by atoms with Crippen molar-refractivity contribution in [2.45, 2.75) is 90.2 Å². The molecular weight excluding hydrogens is 379 g/mol. The Bertz CT molecular complexity index is 717. The lowest BCUT2D eigenvalue weighted by Gasteiger charge is -2.53. The Hall–Kier alpha value is -1.23. The summed E-state index contributed by atoms with van der Waals surface area (Å²) in [4.78, 5) is 13.2. The molecule has 1 heterocycles. The van der Waals surface area contributed by atoms with Crippen molar-refractivity contribution in [2.75, 3.05) is 6.67 Å². The molecule has 3 saturated carbocycles. The summed E-state index contributed by atoms with van der Waals surface area (Å²) in [6, 6.07) is 1.88. The molecule has 3 aliphatic carbocycles. The van der Waals surface area contributed by atoms with E-state index in [2.05, 4.69) is 12.0 Å². The number of aliphatic hydroxyl groups is 1. The number of Topliss-reactive ketones (excluding diaryl/α,β-unsaturated/α-hetero) is 1. The molecule has 4 nitrogen and oxygen atoms in total. The Morgan fingerprint density at radius 2 is 2.10 bits per heavy atom. The molecule has 1 aromatic heterocycles. The normalized spacial score (nSPS) is 37.9. The molecule has 1 aromatic rings. The molecule has 1 N–H and O–H groups in total. The van der Waals surface area contributed by atoms with E-state index in [9.17, 15) is 14.3 Å².